The molecular formula is C13H15Br. The summed E-state index contributed by atoms with van der Waals surface area (Å²) in [6.07, 6.45) is 5.09. The van der Waals surface area contributed by atoms with E-state index in [4.69, 9.17) is 0 Å². The second-order valence-electron chi connectivity index (χ2n) is 3.37. The molecule has 0 saturated carbocycles. The molecule has 0 aliphatic rings. The molecule has 1 heteroatoms. The zero-order valence-electron chi connectivity index (χ0n) is 8.52. The highest BCUT2D eigenvalue weighted by Crippen LogP contribution is 2.08. The van der Waals surface area contributed by atoms with Gasteiger partial charge in [0.1, 0.15) is 0 Å². The van der Waals surface area contributed by atoms with E-state index in [1.165, 1.54) is 31.2 Å². The van der Waals surface area contributed by atoms with Crippen molar-refractivity contribution in [1.82, 2.24) is 0 Å². The summed E-state index contributed by atoms with van der Waals surface area (Å²) < 4.78 is 0. The van der Waals surface area contributed by atoms with Gasteiger partial charge in [0.05, 0.1) is 0 Å². The van der Waals surface area contributed by atoms with Crippen molar-refractivity contribution in [3.05, 3.63) is 35.4 Å². The quantitative estimate of drug-likeness (QED) is 0.557. The van der Waals surface area contributed by atoms with Crippen molar-refractivity contribution >= 4 is 15.9 Å². The molecule has 0 unspecified atom stereocenters. The van der Waals surface area contributed by atoms with E-state index in [1.807, 2.05) is 0 Å². The zero-order valence-corrected chi connectivity index (χ0v) is 10.1. The maximum absolute atomic E-state index is 3.09. The van der Waals surface area contributed by atoms with Crippen LogP contribution in [-0.2, 0) is 6.42 Å². The van der Waals surface area contributed by atoms with Crippen LogP contribution in [0.4, 0.5) is 0 Å². The van der Waals surface area contributed by atoms with Gasteiger partial charge in [0, 0.05) is 21.5 Å². The van der Waals surface area contributed by atoms with Gasteiger partial charge in [0.25, 0.3) is 0 Å². The first-order valence-electron chi connectivity index (χ1n) is 5.07. The summed E-state index contributed by atoms with van der Waals surface area (Å²) in [5, 5.41) is 0. The molecule has 0 nitrogen and oxygen atoms in total. The van der Waals surface area contributed by atoms with Crippen LogP contribution >= 0.6 is 15.9 Å². The van der Waals surface area contributed by atoms with Gasteiger partial charge in [-0.25, -0.2) is 0 Å². The summed E-state index contributed by atoms with van der Waals surface area (Å²) in [6, 6.07) is 8.50. The first-order valence-corrected chi connectivity index (χ1v) is 5.86. The molecule has 1 rings (SSSR count). The molecule has 1 aromatic carbocycles. The summed E-state index contributed by atoms with van der Waals surface area (Å²) in [4.78, 5) is 2.72. The van der Waals surface area contributed by atoms with Crippen molar-refractivity contribution in [2.24, 2.45) is 0 Å². The highest BCUT2D eigenvalue weighted by atomic mass is 79.9. The number of hydrogen-bond acceptors (Lipinski definition) is 0. The summed E-state index contributed by atoms with van der Waals surface area (Å²) in [5.74, 6) is 2.97. The fourth-order valence-corrected chi connectivity index (χ4v) is 1.62. The van der Waals surface area contributed by atoms with E-state index in [-0.39, 0.29) is 0 Å². The highest BCUT2D eigenvalue weighted by Gasteiger charge is 1.92. The van der Waals surface area contributed by atoms with Crippen LogP contribution in [-0.4, -0.2) is 0 Å². The molecule has 0 aliphatic heterocycles. The predicted molar refractivity (Wildman–Crippen MR) is 65.5 cm³/mol. The smallest absolute Gasteiger partial charge is 0.0254 e. The van der Waals surface area contributed by atoms with E-state index in [9.17, 15) is 0 Å². The Labute approximate surface area is 94.9 Å². The third-order valence-corrected chi connectivity index (χ3v) is 2.41. The largest absolute Gasteiger partial charge is 0.0654 e. The molecule has 0 heterocycles. The van der Waals surface area contributed by atoms with Crippen molar-refractivity contribution in [3.63, 3.8) is 0 Å². The summed E-state index contributed by atoms with van der Waals surface area (Å²) in [6.45, 7) is 2.23. The Hall–Kier alpha value is -0.740. The molecule has 0 fully saturated rings. The molecule has 0 bridgehead atoms. The topological polar surface area (TPSA) is 0 Å². The molecule has 0 aliphatic carbocycles. The summed E-state index contributed by atoms with van der Waals surface area (Å²) in [5.41, 5.74) is 2.49. The maximum Gasteiger partial charge on any atom is 0.0254 e. The summed E-state index contributed by atoms with van der Waals surface area (Å²) in [7, 11) is 0. The fourth-order valence-electron chi connectivity index (χ4n) is 1.39. The van der Waals surface area contributed by atoms with Gasteiger partial charge < -0.3 is 0 Å². The molecule has 0 saturated heterocycles. The number of benzene rings is 1. The van der Waals surface area contributed by atoms with Crippen LogP contribution in [0.5, 0.6) is 0 Å². The molecule has 0 radical (unpaired) electrons. The van der Waals surface area contributed by atoms with Gasteiger partial charge in [0.2, 0.25) is 0 Å². The number of rotatable bonds is 4. The van der Waals surface area contributed by atoms with Crippen LogP contribution in [0.1, 0.15) is 37.3 Å². The molecule has 0 amide bonds. The molecule has 1 aromatic rings. The lowest BCUT2D eigenvalue weighted by atomic mass is 10.1. The van der Waals surface area contributed by atoms with Gasteiger partial charge in [-0.1, -0.05) is 37.8 Å². The SMILES string of the molecule is CCCCCc1ccc(C#CBr)cc1. The van der Waals surface area contributed by atoms with Crippen LogP contribution in [0, 0.1) is 10.8 Å². The fraction of sp³-hybridized carbons (Fsp3) is 0.385. The zero-order chi connectivity index (χ0) is 10.2. The average Bonchev–Trinajstić information content (AvgIpc) is 2.21. The Balaban J connectivity index is 2.49. The van der Waals surface area contributed by atoms with Crippen LogP contribution in [0.15, 0.2) is 24.3 Å². The van der Waals surface area contributed by atoms with E-state index in [1.54, 1.807) is 0 Å². The molecule has 14 heavy (non-hydrogen) atoms. The minimum atomic E-state index is 1.07. The number of unbranched alkanes of at least 4 members (excludes halogenated alkanes) is 2. The van der Waals surface area contributed by atoms with E-state index in [0.29, 0.717) is 0 Å². The van der Waals surface area contributed by atoms with Crippen molar-refractivity contribution in [3.8, 4) is 10.8 Å². The van der Waals surface area contributed by atoms with Crippen molar-refractivity contribution < 1.29 is 0 Å². The van der Waals surface area contributed by atoms with Gasteiger partial charge in [-0.3, -0.25) is 0 Å². The minimum absolute atomic E-state index is 1.07. The monoisotopic (exact) mass is 250 g/mol. The van der Waals surface area contributed by atoms with Gasteiger partial charge in [-0.15, -0.1) is 0 Å². The van der Waals surface area contributed by atoms with E-state index >= 15 is 0 Å². The van der Waals surface area contributed by atoms with Crippen LogP contribution in [0.2, 0.25) is 0 Å². The Bertz CT molecular complexity index is 313. The maximum atomic E-state index is 3.09. The lowest BCUT2D eigenvalue weighted by molar-refractivity contribution is 0.717. The second-order valence-corrected chi connectivity index (χ2v) is 3.77. The van der Waals surface area contributed by atoms with E-state index in [2.05, 4.69) is 57.9 Å². The van der Waals surface area contributed by atoms with Crippen LogP contribution < -0.4 is 0 Å². The van der Waals surface area contributed by atoms with Gasteiger partial charge in [-0.2, -0.15) is 0 Å². The van der Waals surface area contributed by atoms with Gasteiger partial charge in [-0.05, 0) is 35.4 Å². The summed E-state index contributed by atoms with van der Waals surface area (Å²) >= 11 is 3.09. The minimum Gasteiger partial charge on any atom is -0.0654 e. The second kappa shape index (κ2) is 6.68. The molecule has 0 aromatic heterocycles. The van der Waals surface area contributed by atoms with Crippen LogP contribution in [0.3, 0.4) is 0 Å². The number of aryl methyl sites for hydroxylation is 1. The Morgan fingerprint density at radius 1 is 1.14 bits per heavy atom. The third kappa shape index (κ3) is 3.98. The number of hydrogen-bond donors (Lipinski definition) is 0. The predicted octanol–water partition coefficient (Wildman–Crippen LogP) is 4.12. The Kier molecular flexibility index (Phi) is 5.40. The number of halogens is 1. The first kappa shape index (κ1) is 11.3. The van der Waals surface area contributed by atoms with Gasteiger partial charge in [0.15, 0.2) is 0 Å². The normalized spacial score (nSPS) is 9.29. The van der Waals surface area contributed by atoms with Crippen LogP contribution in [0.25, 0.3) is 0 Å². The Morgan fingerprint density at radius 3 is 2.43 bits per heavy atom. The van der Waals surface area contributed by atoms with E-state index in [0.717, 1.165) is 5.56 Å². The van der Waals surface area contributed by atoms with Gasteiger partial charge >= 0.3 is 0 Å². The molecule has 0 atom stereocenters. The lowest BCUT2D eigenvalue weighted by Gasteiger charge is -2.00. The van der Waals surface area contributed by atoms with Crippen molar-refractivity contribution in [2.75, 3.05) is 0 Å². The molecule has 0 N–H and O–H groups in total. The molecular weight excluding hydrogens is 236 g/mol. The molecule has 0 spiro atoms. The van der Waals surface area contributed by atoms with Crippen molar-refractivity contribution in [2.45, 2.75) is 32.6 Å². The van der Waals surface area contributed by atoms with Crippen molar-refractivity contribution in [1.29, 1.82) is 0 Å². The lowest BCUT2D eigenvalue weighted by Crippen LogP contribution is -1.85. The third-order valence-electron chi connectivity index (χ3n) is 2.21. The standard InChI is InChI=1S/C13H15Br/c1-2-3-4-5-12-6-8-13(9-7-12)10-11-14/h6-9H,2-5H2,1H3. The van der Waals surface area contributed by atoms with E-state index < -0.39 is 0 Å². The highest BCUT2D eigenvalue weighted by molar-refractivity contribution is 9.12. The molecule has 74 valence electrons. The average molecular weight is 251 g/mol. The first-order chi connectivity index (χ1) is 6.86. The Morgan fingerprint density at radius 2 is 1.86 bits per heavy atom.